The molecule has 0 saturated heterocycles. The monoisotopic (exact) mass is 136 g/mol. The van der Waals surface area contributed by atoms with E-state index in [9.17, 15) is 0 Å². The molecule has 1 rings (SSSR count). The van der Waals surface area contributed by atoms with E-state index < -0.39 is 0 Å². The fourth-order valence-electron chi connectivity index (χ4n) is 0.699. The summed E-state index contributed by atoms with van der Waals surface area (Å²) in [4.78, 5) is 0. The summed E-state index contributed by atoms with van der Waals surface area (Å²) < 4.78 is 4.86. The van der Waals surface area contributed by atoms with Gasteiger partial charge in [0, 0.05) is 5.56 Å². The second kappa shape index (κ2) is 2.53. The fraction of sp³-hybridized carbons (Fsp3) is 0.429. The smallest absolute Gasteiger partial charge is 0.153 e. The van der Waals surface area contributed by atoms with Crippen LogP contribution in [-0.2, 0) is 6.42 Å². The Kier molecular flexibility index (Phi) is 1.72. The van der Waals surface area contributed by atoms with E-state index in [4.69, 9.17) is 9.78 Å². The second-order valence-corrected chi connectivity index (χ2v) is 2.15. The molecule has 0 radical (unpaired) electrons. The van der Waals surface area contributed by atoms with E-state index in [1.54, 1.807) is 0 Å². The van der Waals surface area contributed by atoms with Crippen LogP contribution >= 0.6 is 0 Å². The van der Waals surface area contributed by atoms with Crippen LogP contribution in [0.5, 0.6) is 0 Å². The van der Waals surface area contributed by atoms with Crippen molar-refractivity contribution < 1.29 is 4.52 Å². The van der Waals surface area contributed by atoms with Crippen LogP contribution < -0.4 is 0 Å². The Morgan fingerprint density at radius 2 is 2.30 bits per heavy atom. The zero-order valence-electron chi connectivity index (χ0n) is 6.01. The number of nitrogens with zero attached hydrogens (tertiary/aromatic N) is 2. The molecular formula is C7H8N2O. The van der Waals surface area contributed by atoms with Gasteiger partial charge in [0.25, 0.3) is 0 Å². The van der Waals surface area contributed by atoms with Crippen LogP contribution in [0.3, 0.4) is 0 Å². The highest BCUT2D eigenvalue weighted by Gasteiger charge is 2.05. The Bertz CT molecular complexity index is 270. The molecule has 0 spiro atoms. The van der Waals surface area contributed by atoms with E-state index in [1.165, 1.54) is 0 Å². The summed E-state index contributed by atoms with van der Waals surface area (Å²) in [6.45, 7) is 3.76. The van der Waals surface area contributed by atoms with Crippen LogP contribution in [0.25, 0.3) is 0 Å². The van der Waals surface area contributed by atoms with Gasteiger partial charge in [0.05, 0.1) is 18.2 Å². The summed E-state index contributed by atoms with van der Waals surface area (Å²) in [5.74, 6) is 0.681. The van der Waals surface area contributed by atoms with Gasteiger partial charge >= 0.3 is 0 Å². The zero-order chi connectivity index (χ0) is 7.56. The lowest BCUT2D eigenvalue weighted by Gasteiger charge is -1.84. The Morgan fingerprint density at radius 1 is 1.60 bits per heavy atom. The molecule has 0 aromatic carbocycles. The van der Waals surface area contributed by atoms with Crippen LogP contribution in [0.15, 0.2) is 4.52 Å². The van der Waals surface area contributed by atoms with Crippen molar-refractivity contribution in [2.45, 2.75) is 20.3 Å². The van der Waals surface area contributed by atoms with Gasteiger partial charge in [-0.15, -0.1) is 0 Å². The largest absolute Gasteiger partial charge is 0.360 e. The minimum absolute atomic E-state index is 0.312. The third kappa shape index (κ3) is 1.01. The normalized spacial score (nSPS) is 9.30. The van der Waals surface area contributed by atoms with E-state index in [1.807, 2.05) is 19.9 Å². The lowest BCUT2D eigenvalue weighted by Crippen LogP contribution is -1.80. The average molecular weight is 136 g/mol. The maximum absolute atomic E-state index is 8.32. The van der Waals surface area contributed by atoms with E-state index >= 15 is 0 Å². The van der Waals surface area contributed by atoms with Crippen molar-refractivity contribution in [1.82, 2.24) is 5.16 Å². The quantitative estimate of drug-likeness (QED) is 0.585. The van der Waals surface area contributed by atoms with Gasteiger partial charge in [-0.1, -0.05) is 5.16 Å². The van der Waals surface area contributed by atoms with Crippen molar-refractivity contribution in [2.75, 3.05) is 0 Å². The van der Waals surface area contributed by atoms with Crippen molar-refractivity contribution in [3.05, 3.63) is 17.0 Å². The standard InChI is InChI=1S/C7H8N2O/c1-5-6(2)9-10-7(5)3-4-8/h3H2,1-2H3. The lowest BCUT2D eigenvalue weighted by molar-refractivity contribution is 0.387. The summed E-state index contributed by atoms with van der Waals surface area (Å²) in [6.07, 6.45) is 0.312. The predicted molar refractivity (Wildman–Crippen MR) is 35.3 cm³/mol. The molecule has 0 N–H and O–H groups in total. The molecule has 3 heteroatoms. The van der Waals surface area contributed by atoms with Crippen molar-refractivity contribution >= 4 is 0 Å². The highest BCUT2D eigenvalue weighted by Crippen LogP contribution is 2.11. The van der Waals surface area contributed by atoms with E-state index in [0.717, 1.165) is 11.3 Å². The summed E-state index contributed by atoms with van der Waals surface area (Å²) >= 11 is 0. The first kappa shape index (κ1) is 6.81. The Balaban J connectivity index is 2.96. The molecule has 0 aliphatic carbocycles. The predicted octanol–water partition coefficient (Wildman–Crippen LogP) is 1.36. The van der Waals surface area contributed by atoms with Gasteiger partial charge in [-0.05, 0) is 13.8 Å². The lowest BCUT2D eigenvalue weighted by atomic mass is 10.2. The molecule has 0 unspecified atom stereocenters. The Morgan fingerprint density at radius 3 is 2.70 bits per heavy atom. The van der Waals surface area contributed by atoms with Crippen LogP contribution in [0, 0.1) is 25.2 Å². The fourth-order valence-corrected chi connectivity index (χ4v) is 0.699. The third-order valence-corrected chi connectivity index (χ3v) is 1.49. The van der Waals surface area contributed by atoms with Gasteiger partial charge in [0.15, 0.2) is 5.76 Å². The van der Waals surface area contributed by atoms with Crippen LogP contribution in [0.4, 0.5) is 0 Å². The molecule has 1 aromatic rings. The minimum atomic E-state index is 0.312. The van der Waals surface area contributed by atoms with Gasteiger partial charge in [-0.25, -0.2) is 0 Å². The Labute approximate surface area is 59.2 Å². The molecular weight excluding hydrogens is 128 g/mol. The molecule has 0 atom stereocenters. The molecule has 0 bridgehead atoms. The van der Waals surface area contributed by atoms with E-state index in [-0.39, 0.29) is 0 Å². The molecule has 3 nitrogen and oxygen atoms in total. The van der Waals surface area contributed by atoms with Crippen molar-refractivity contribution in [3.63, 3.8) is 0 Å². The highest BCUT2D eigenvalue weighted by atomic mass is 16.5. The first-order valence-electron chi connectivity index (χ1n) is 3.04. The molecule has 0 fully saturated rings. The van der Waals surface area contributed by atoms with Crippen molar-refractivity contribution in [1.29, 1.82) is 5.26 Å². The molecule has 10 heavy (non-hydrogen) atoms. The average Bonchev–Trinajstić information content (AvgIpc) is 2.20. The molecule has 0 saturated carbocycles. The number of hydrogen-bond acceptors (Lipinski definition) is 3. The highest BCUT2D eigenvalue weighted by molar-refractivity contribution is 5.21. The van der Waals surface area contributed by atoms with Gasteiger partial charge in [0.1, 0.15) is 0 Å². The molecule has 1 heterocycles. The van der Waals surface area contributed by atoms with Crippen molar-refractivity contribution in [2.24, 2.45) is 0 Å². The maximum Gasteiger partial charge on any atom is 0.153 e. The van der Waals surface area contributed by atoms with Gasteiger partial charge < -0.3 is 4.52 Å². The summed E-state index contributed by atoms with van der Waals surface area (Å²) in [5, 5.41) is 12.0. The number of aryl methyl sites for hydroxylation is 1. The van der Waals surface area contributed by atoms with Crippen LogP contribution in [0.2, 0.25) is 0 Å². The van der Waals surface area contributed by atoms with Gasteiger partial charge in [-0.3, -0.25) is 0 Å². The van der Waals surface area contributed by atoms with E-state index in [2.05, 4.69) is 5.16 Å². The first-order valence-corrected chi connectivity index (χ1v) is 3.04. The van der Waals surface area contributed by atoms with Gasteiger partial charge in [-0.2, -0.15) is 5.26 Å². The van der Waals surface area contributed by atoms with E-state index in [0.29, 0.717) is 12.2 Å². The minimum Gasteiger partial charge on any atom is -0.360 e. The number of aromatic nitrogens is 1. The molecule has 1 aromatic heterocycles. The van der Waals surface area contributed by atoms with Gasteiger partial charge in [0.2, 0.25) is 0 Å². The second-order valence-electron chi connectivity index (χ2n) is 2.15. The topological polar surface area (TPSA) is 49.8 Å². The zero-order valence-corrected chi connectivity index (χ0v) is 6.01. The molecule has 0 amide bonds. The number of hydrogen-bond donors (Lipinski definition) is 0. The third-order valence-electron chi connectivity index (χ3n) is 1.49. The SMILES string of the molecule is Cc1noc(CC#N)c1C. The molecule has 0 aliphatic rings. The first-order chi connectivity index (χ1) is 4.75. The molecule has 52 valence electrons. The summed E-state index contributed by atoms with van der Waals surface area (Å²) in [5.41, 5.74) is 1.85. The number of nitriles is 1. The van der Waals surface area contributed by atoms with Crippen molar-refractivity contribution in [3.8, 4) is 6.07 Å². The molecule has 0 aliphatic heterocycles. The summed E-state index contributed by atoms with van der Waals surface area (Å²) in [7, 11) is 0. The summed E-state index contributed by atoms with van der Waals surface area (Å²) in [6, 6.07) is 2.00. The maximum atomic E-state index is 8.32. The number of rotatable bonds is 1. The Hall–Kier alpha value is -1.30. The van der Waals surface area contributed by atoms with Crippen LogP contribution in [-0.4, -0.2) is 5.16 Å². The van der Waals surface area contributed by atoms with Crippen LogP contribution in [0.1, 0.15) is 17.0 Å².